The van der Waals surface area contributed by atoms with Gasteiger partial charge >= 0.3 is 29.8 Å². The predicted molar refractivity (Wildman–Crippen MR) is 145 cm³/mol. The van der Waals surface area contributed by atoms with Gasteiger partial charge < -0.3 is 29.2 Å². The molecule has 12 heteroatoms. The lowest BCUT2D eigenvalue weighted by molar-refractivity contribution is -0.147. The topological polar surface area (TPSA) is 187 Å². The molecule has 0 aromatic rings. The summed E-state index contributed by atoms with van der Waals surface area (Å²) < 4.78 is 18.3. The van der Waals surface area contributed by atoms with E-state index in [-0.39, 0.29) is 48.1 Å². The Hall–Kier alpha value is -4.76. The number of carboxylic acid groups (broad SMARTS) is 1. The molecule has 0 aromatic heterocycles. The van der Waals surface area contributed by atoms with E-state index in [2.05, 4.69) is 33.9 Å². The Morgan fingerprint density at radius 2 is 1.27 bits per heavy atom. The van der Waals surface area contributed by atoms with Gasteiger partial charge in [0.25, 0.3) is 0 Å². The summed E-state index contributed by atoms with van der Waals surface area (Å²) in [6, 6.07) is 1.74. The number of aliphatic hydroxyl groups excluding tert-OH is 1. The van der Waals surface area contributed by atoms with Crippen molar-refractivity contribution in [2.24, 2.45) is 0 Å². The molecule has 0 aromatic carbocycles. The SMILES string of the molecule is C=C(C)C(=O)OC.C=C(C)C(=O)OCC(O)COC(=O)C(=C)C.CCOC(=O)C(C=CC#N)=CC=C(C)C(=O)O. The van der Waals surface area contributed by atoms with Gasteiger partial charge in [0.2, 0.25) is 0 Å². The molecule has 0 aliphatic carbocycles. The molecule has 220 valence electrons. The van der Waals surface area contributed by atoms with E-state index in [0.29, 0.717) is 5.57 Å². The standard InChI is InChI=1S/C12H13NO4.C11H16O5.C5H8O2/c1-3-17-12(16)10(5-4-8-13)7-6-9(2)11(14)15;1-7(2)10(13)15-5-9(12)6-16-11(14)8(3)4;1-4(2)5(6)7-3/h4-7H,3H2,1-2H3,(H,14,15);9,12H,1,3,5-6H2,2,4H3;1H2,2-3H3. The zero-order valence-corrected chi connectivity index (χ0v) is 23.6. The van der Waals surface area contributed by atoms with Gasteiger partial charge in [-0.3, -0.25) is 0 Å². The number of methoxy groups -OCH3 is 1. The van der Waals surface area contributed by atoms with Crippen LogP contribution in [0.2, 0.25) is 0 Å². The minimum Gasteiger partial charge on any atom is -0.478 e. The van der Waals surface area contributed by atoms with Gasteiger partial charge in [0, 0.05) is 28.4 Å². The zero-order chi connectivity index (χ0) is 31.8. The number of hydrogen-bond acceptors (Lipinski definition) is 11. The molecule has 0 amide bonds. The maximum absolute atomic E-state index is 11.4. The minimum atomic E-state index is -1.08. The fraction of sp³-hybridized carbons (Fsp3) is 0.357. The normalized spacial score (nSPS) is 10.5. The number of hydrogen-bond donors (Lipinski definition) is 2. The third-order valence-electron chi connectivity index (χ3n) is 3.74. The lowest BCUT2D eigenvalue weighted by Gasteiger charge is -2.11. The lowest BCUT2D eigenvalue weighted by Crippen LogP contribution is -2.25. The van der Waals surface area contributed by atoms with Crippen LogP contribution in [0.5, 0.6) is 0 Å². The van der Waals surface area contributed by atoms with Crippen molar-refractivity contribution in [3.63, 3.8) is 0 Å². The molecule has 0 rings (SSSR count). The summed E-state index contributed by atoms with van der Waals surface area (Å²) in [7, 11) is 1.33. The van der Waals surface area contributed by atoms with Crippen molar-refractivity contribution in [1.82, 2.24) is 0 Å². The predicted octanol–water partition coefficient (Wildman–Crippen LogP) is 2.91. The highest BCUT2D eigenvalue weighted by Gasteiger charge is 2.12. The van der Waals surface area contributed by atoms with Crippen molar-refractivity contribution in [2.45, 2.75) is 40.7 Å². The highest BCUT2D eigenvalue weighted by atomic mass is 16.6. The van der Waals surface area contributed by atoms with Crippen LogP contribution in [0, 0.1) is 11.3 Å². The highest BCUT2D eigenvalue weighted by Crippen LogP contribution is 2.04. The van der Waals surface area contributed by atoms with Crippen molar-refractivity contribution in [2.75, 3.05) is 26.9 Å². The van der Waals surface area contributed by atoms with Crippen LogP contribution in [0.25, 0.3) is 0 Å². The Bertz CT molecular complexity index is 1040. The second-order valence-corrected chi connectivity index (χ2v) is 7.64. The molecule has 0 fully saturated rings. The van der Waals surface area contributed by atoms with Gasteiger partial charge in [-0.2, -0.15) is 5.26 Å². The maximum Gasteiger partial charge on any atom is 0.338 e. The van der Waals surface area contributed by atoms with E-state index in [9.17, 15) is 29.1 Å². The van der Waals surface area contributed by atoms with Gasteiger partial charge in [0.05, 0.1) is 25.4 Å². The average Bonchev–Trinajstić information content (AvgIpc) is 2.89. The Morgan fingerprint density at radius 3 is 1.57 bits per heavy atom. The Balaban J connectivity index is -0.000000556. The van der Waals surface area contributed by atoms with Gasteiger partial charge in [0.1, 0.15) is 19.3 Å². The Labute approximate surface area is 234 Å². The highest BCUT2D eigenvalue weighted by molar-refractivity contribution is 5.93. The van der Waals surface area contributed by atoms with Crippen LogP contribution >= 0.6 is 0 Å². The minimum absolute atomic E-state index is 0.0807. The fourth-order valence-corrected chi connectivity index (χ4v) is 1.63. The number of aliphatic carboxylic acids is 1. The molecule has 2 N–H and O–H groups in total. The first-order chi connectivity index (χ1) is 18.5. The second-order valence-electron chi connectivity index (χ2n) is 7.64. The van der Waals surface area contributed by atoms with E-state index < -0.39 is 30.0 Å². The number of nitriles is 1. The number of nitrogens with zero attached hydrogens (tertiary/aromatic N) is 1. The summed E-state index contributed by atoms with van der Waals surface area (Å²) in [5.74, 6) is -3.21. The van der Waals surface area contributed by atoms with Gasteiger partial charge in [-0.15, -0.1) is 0 Å². The summed E-state index contributed by atoms with van der Waals surface area (Å²) in [6.07, 6.45) is 3.91. The molecule has 0 saturated heterocycles. The van der Waals surface area contributed by atoms with E-state index in [1.165, 1.54) is 46.1 Å². The molecule has 12 nitrogen and oxygen atoms in total. The third-order valence-corrected chi connectivity index (χ3v) is 3.74. The van der Waals surface area contributed by atoms with Crippen molar-refractivity contribution in [3.8, 4) is 6.07 Å². The molecular formula is C28H37NO11. The summed E-state index contributed by atoms with van der Waals surface area (Å²) in [4.78, 5) is 54.0. The zero-order valence-electron chi connectivity index (χ0n) is 23.6. The van der Waals surface area contributed by atoms with Gasteiger partial charge in [0.15, 0.2) is 0 Å². The van der Waals surface area contributed by atoms with Gasteiger partial charge in [-0.25, -0.2) is 24.0 Å². The van der Waals surface area contributed by atoms with Crippen LogP contribution < -0.4 is 0 Å². The molecule has 0 heterocycles. The van der Waals surface area contributed by atoms with Crippen LogP contribution in [0.15, 0.2) is 71.9 Å². The van der Waals surface area contributed by atoms with Crippen LogP contribution in [0.1, 0.15) is 34.6 Å². The summed E-state index contributed by atoms with van der Waals surface area (Å²) >= 11 is 0. The van der Waals surface area contributed by atoms with Crippen LogP contribution in [-0.4, -0.2) is 73.1 Å². The monoisotopic (exact) mass is 563 g/mol. The number of carboxylic acids is 1. The number of rotatable bonds is 12. The third kappa shape index (κ3) is 22.4. The van der Waals surface area contributed by atoms with E-state index in [0.717, 1.165) is 6.08 Å². The van der Waals surface area contributed by atoms with Gasteiger partial charge in [-0.1, -0.05) is 25.8 Å². The smallest absolute Gasteiger partial charge is 0.338 e. The number of ether oxygens (including phenoxy) is 4. The largest absolute Gasteiger partial charge is 0.478 e. The summed E-state index contributed by atoms with van der Waals surface area (Å²) in [6.45, 7) is 17.5. The van der Waals surface area contributed by atoms with Crippen LogP contribution in [0.3, 0.4) is 0 Å². The Kier molecular flexibility index (Phi) is 23.2. The summed E-state index contributed by atoms with van der Waals surface area (Å²) in [5.41, 5.74) is 1.12. The first kappa shape index (κ1) is 39.7. The number of carbonyl (C=O) groups is 5. The molecule has 0 spiro atoms. The number of esters is 4. The lowest BCUT2D eigenvalue weighted by atomic mass is 10.2. The molecule has 0 aliphatic rings. The molecule has 0 aliphatic heterocycles. The van der Waals surface area contributed by atoms with Crippen LogP contribution in [0.4, 0.5) is 0 Å². The molecule has 0 saturated carbocycles. The molecule has 0 atom stereocenters. The van der Waals surface area contributed by atoms with E-state index in [1.54, 1.807) is 19.9 Å². The van der Waals surface area contributed by atoms with Crippen molar-refractivity contribution < 1.29 is 53.1 Å². The Morgan fingerprint density at radius 1 is 0.825 bits per heavy atom. The molecule has 40 heavy (non-hydrogen) atoms. The van der Waals surface area contributed by atoms with Crippen LogP contribution in [-0.2, 0) is 42.9 Å². The molecular weight excluding hydrogens is 526 g/mol. The fourth-order valence-electron chi connectivity index (χ4n) is 1.63. The molecule has 0 radical (unpaired) electrons. The van der Waals surface area contributed by atoms with Crippen molar-refractivity contribution in [3.05, 3.63) is 71.9 Å². The number of aliphatic hydroxyl groups is 1. The first-order valence-electron chi connectivity index (χ1n) is 11.5. The first-order valence-corrected chi connectivity index (χ1v) is 11.5. The number of carbonyl (C=O) groups excluding carboxylic acids is 4. The van der Waals surface area contributed by atoms with Gasteiger partial charge in [-0.05, 0) is 46.8 Å². The second kappa shape index (κ2) is 23.4. The van der Waals surface area contributed by atoms with Crippen molar-refractivity contribution in [1.29, 1.82) is 5.26 Å². The summed E-state index contributed by atoms with van der Waals surface area (Å²) in [5, 5.41) is 26.3. The van der Waals surface area contributed by atoms with E-state index >= 15 is 0 Å². The van der Waals surface area contributed by atoms with E-state index in [4.69, 9.17) is 15.1 Å². The van der Waals surface area contributed by atoms with Crippen molar-refractivity contribution >= 4 is 29.8 Å². The maximum atomic E-state index is 11.4. The van der Waals surface area contributed by atoms with E-state index in [1.807, 2.05) is 0 Å². The molecule has 0 bridgehead atoms. The molecule has 0 unspecified atom stereocenters. The quantitative estimate of drug-likeness (QED) is 0.116. The number of allylic oxidation sites excluding steroid dienone is 3. The average molecular weight is 564 g/mol.